The molecule has 17 heavy (non-hydrogen) atoms. The van der Waals surface area contributed by atoms with Gasteiger partial charge in [-0.25, -0.2) is 0 Å². The van der Waals surface area contributed by atoms with Crippen molar-refractivity contribution in [3.05, 3.63) is 58.5 Å². The Morgan fingerprint density at radius 2 is 2.00 bits per heavy atom. The molecular weight excluding hydrogens is 278 g/mol. The van der Waals surface area contributed by atoms with Crippen LogP contribution in [0.3, 0.4) is 0 Å². The number of rotatable bonds is 5. The van der Waals surface area contributed by atoms with E-state index in [9.17, 15) is 0 Å². The van der Waals surface area contributed by atoms with E-state index in [1.807, 2.05) is 19.4 Å². The van der Waals surface area contributed by atoms with E-state index in [4.69, 9.17) is 4.42 Å². The van der Waals surface area contributed by atoms with E-state index in [0.29, 0.717) is 5.92 Å². The maximum Gasteiger partial charge on any atom is 0.0934 e. The van der Waals surface area contributed by atoms with Crippen LogP contribution >= 0.6 is 15.9 Å². The summed E-state index contributed by atoms with van der Waals surface area (Å²) < 4.78 is 6.24. The van der Waals surface area contributed by atoms with Gasteiger partial charge in [-0.1, -0.05) is 28.1 Å². The van der Waals surface area contributed by atoms with E-state index in [1.54, 1.807) is 6.26 Å². The smallest absolute Gasteiger partial charge is 0.0934 e. The van der Waals surface area contributed by atoms with Gasteiger partial charge in [-0.05, 0) is 42.8 Å². The highest BCUT2D eigenvalue weighted by molar-refractivity contribution is 9.10. The summed E-state index contributed by atoms with van der Waals surface area (Å²) in [5.41, 5.74) is 2.59. The fraction of sp³-hybridized carbons (Fsp3) is 0.286. The number of nitrogens with one attached hydrogen (secondary N) is 1. The van der Waals surface area contributed by atoms with E-state index in [2.05, 4.69) is 45.5 Å². The van der Waals surface area contributed by atoms with Gasteiger partial charge in [0.15, 0.2) is 0 Å². The van der Waals surface area contributed by atoms with Gasteiger partial charge in [0.05, 0.1) is 12.5 Å². The van der Waals surface area contributed by atoms with Crippen molar-refractivity contribution < 1.29 is 4.42 Å². The van der Waals surface area contributed by atoms with Gasteiger partial charge in [-0.2, -0.15) is 0 Å². The summed E-state index contributed by atoms with van der Waals surface area (Å²) >= 11 is 3.46. The Labute approximate surface area is 110 Å². The second kappa shape index (κ2) is 6.03. The molecule has 1 aromatic heterocycles. The largest absolute Gasteiger partial charge is 0.472 e. The van der Waals surface area contributed by atoms with Gasteiger partial charge in [0, 0.05) is 16.9 Å². The van der Waals surface area contributed by atoms with Crippen LogP contribution in [-0.2, 0) is 6.42 Å². The minimum atomic E-state index is 0.477. The first-order valence-electron chi connectivity index (χ1n) is 5.70. The molecule has 2 nitrogen and oxygen atoms in total. The van der Waals surface area contributed by atoms with Gasteiger partial charge in [0.25, 0.3) is 0 Å². The Kier molecular flexibility index (Phi) is 4.40. The minimum absolute atomic E-state index is 0.477. The van der Waals surface area contributed by atoms with Gasteiger partial charge in [-0.3, -0.25) is 0 Å². The Bertz CT molecular complexity index is 436. The number of benzene rings is 1. The predicted octanol–water partition coefficient (Wildman–Crippen LogP) is 3.59. The van der Waals surface area contributed by atoms with Crippen molar-refractivity contribution in [1.29, 1.82) is 0 Å². The van der Waals surface area contributed by atoms with E-state index >= 15 is 0 Å². The second-order valence-corrected chi connectivity index (χ2v) is 5.06. The van der Waals surface area contributed by atoms with Gasteiger partial charge < -0.3 is 9.73 Å². The van der Waals surface area contributed by atoms with Crippen LogP contribution in [0.5, 0.6) is 0 Å². The van der Waals surface area contributed by atoms with Crippen LogP contribution in [0.25, 0.3) is 0 Å². The van der Waals surface area contributed by atoms with Crippen LogP contribution in [-0.4, -0.2) is 13.6 Å². The highest BCUT2D eigenvalue weighted by Crippen LogP contribution is 2.22. The second-order valence-electron chi connectivity index (χ2n) is 4.14. The lowest BCUT2D eigenvalue weighted by Crippen LogP contribution is -2.19. The molecule has 1 unspecified atom stereocenters. The van der Waals surface area contributed by atoms with Crippen molar-refractivity contribution in [2.75, 3.05) is 13.6 Å². The third-order valence-corrected chi connectivity index (χ3v) is 3.38. The van der Waals surface area contributed by atoms with Gasteiger partial charge in [-0.15, -0.1) is 0 Å². The maximum atomic E-state index is 5.12. The maximum absolute atomic E-state index is 5.12. The third kappa shape index (κ3) is 3.45. The quantitative estimate of drug-likeness (QED) is 0.911. The molecule has 0 radical (unpaired) electrons. The normalized spacial score (nSPS) is 12.6. The summed E-state index contributed by atoms with van der Waals surface area (Å²) in [6.45, 7) is 0.965. The zero-order valence-corrected chi connectivity index (χ0v) is 11.4. The van der Waals surface area contributed by atoms with E-state index in [1.165, 1.54) is 11.1 Å². The molecule has 0 aliphatic rings. The predicted molar refractivity (Wildman–Crippen MR) is 73.2 cm³/mol. The van der Waals surface area contributed by atoms with Crippen LogP contribution in [0, 0.1) is 0 Å². The number of hydrogen-bond acceptors (Lipinski definition) is 2. The molecule has 3 heteroatoms. The zero-order chi connectivity index (χ0) is 12.1. The molecule has 0 saturated carbocycles. The van der Waals surface area contributed by atoms with Gasteiger partial charge >= 0.3 is 0 Å². The Morgan fingerprint density at radius 3 is 2.59 bits per heavy atom. The fourth-order valence-corrected chi connectivity index (χ4v) is 2.25. The molecule has 0 bridgehead atoms. The van der Waals surface area contributed by atoms with Crippen molar-refractivity contribution in [2.45, 2.75) is 12.3 Å². The average molecular weight is 294 g/mol. The van der Waals surface area contributed by atoms with Crippen molar-refractivity contribution in [2.24, 2.45) is 0 Å². The van der Waals surface area contributed by atoms with Gasteiger partial charge in [0.2, 0.25) is 0 Å². The Balaban J connectivity index is 2.13. The van der Waals surface area contributed by atoms with E-state index < -0.39 is 0 Å². The monoisotopic (exact) mass is 293 g/mol. The number of hydrogen-bond donors (Lipinski definition) is 1. The van der Waals surface area contributed by atoms with Crippen molar-refractivity contribution in [3.63, 3.8) is 0 Å². The lowest BCUT2D eigenvalue weighted by molar-refractivity contribution is 0.558. The Morgan fingerprint density at radius 1 is 1.24 bits per heavy atom. The summed E-state index contributed by atoms with van der Waals surface area (Å²) in [7, 11) is 1.99. The lowest BCUT2D eigenvalue weighted by Gasteiger charge is -2.16. The molecule has 0 saturated heterocycles. The molecule has 1 aromatic carbocycles. The highest BCUT2D eigenvalue weighted by Gasteiger charge is 2.12. The van der Waals surface area contributed by atoms with E-state index in [-0.39, 0.29) is 0 Å². The molecule has 0 spiro atoms. The highest BCUT2D eigenvalue weighted by atomic mass is 79.9. The van der Waals surface area contributed by atoms with Crippen LogP contribution in [0.15, 0.2) is 51.7 Å². The van der Waals surface area contributed by atoms with Crippen LogP contribution in [0.2, 0.25) is 0 Å². The zero-order valence-electron chi connectivity index (χ0n) is 9.82. The van der Waals surface area contributed by atoms with Crippen molar-refractivity contribution in [3.8, 4) is 0 Å². The summed E-state index contributed by atoms with van der Waals surface area (Å²) in [6.07, 6.45) is 4.55. The van der Waals surface area contributed by atoms with Gasteiger partial charge in [0.1, 0.15) is 0 Å². The molecule has 1 atom stereocenters. The fourth-order valence-electron chi connectivity index (χ4n) is 1.98. The number of likely N-dealkylation sites (N-methyl/N-ethyl adjacent to an activating group) is 1. The molecule has 1 N–H and O–H groups in total. The van der Waals surface area contributed by atoms with E-state index in [0.717, 1.165) is 17.4 Å². The van der Waals surface area contributed by atoms with Crippen molar-refractivity contribution >= 4 is 15.9 Å². The summed E-state index contributed by atoms with van der Waals surface area (Å²) in [5, 5.41) is 3.25. The molecular formula is C14H16BrNO. The van der Waals surface area contributed by atoms with Crippen LogP contribution in [0.1, 0.15) is 17.0 Å². The number of furan rings is 1. The first kappa shape index (κ1) is 12.4. The third-order valence-electron chi connectivity index (χ3n) is 2.85. The Hall–Kier alpha value is -1.06. The molecule has 90 valence electrons. The van der Waals surface area contributed by atoms with Crippen LogP contribution < -0.4 is 5.32 Å². The average Bonchev–Trinajstić information content (AvgIpc) is 2.82. The standard InChI is InChI=1S/C14H16BrNO/c1-16-9-13(8-11-6-7-17-10-11)12-2-4-14(15)5-3-12/h2-7,10,13,16H,8-9H2,1H3. The molecule has 0 aliphatic heterocycles. The molecule has 0 aliphatic carbocycles. The first-order chi connectivity index (χ1) is 8.29. The minimum Gasteiger partial charge on any atom is -0.472 e. The lowest BCUT2D eigenvalue weighted by atomic mass is 9.93. The molecule has 2 rings (SSSR count). The summed E-state index contributed by atoms with van der Waals surface area (Å²) in [5.74, 6) is 0.477. The topological polar surface area (TPSA) is 25.2 Å². The SMILES string of the molecule is CNCC(Cc1ccoc1)c1ccc(Br)cc1. The molecule has 1 heterocycles. The first-order valence-corrected chi connectivity index (χ1v) is 6.50. The molecule has 0 amide bonds. The van der Waals surface area contributed by atoms with Crippen LogP contribution in [0.4, 0.5) is 0 Å². The molecule has 2 aromatic rings. The number of halogens is 1. The summed E-state index contributed by atoms with van der Waals surface area (Å²) in [6, 6.07) is 10.6. The van der Waals surface area contributed by atoms with Crippen molar-refractivity contribution in [1.82, 2.24) is 5.32 Å². The summed E-state index contributed by atoms with van der Waals surface area (Å²) in [4.78, 5) is 0. The molecule has 0 fully saturated rings.